The van der Waals surface area contributed by atoms with Gasteiger partial charge >= 0.3 is 0 Å². The highest BCUT2D eigenvalue weighted by atomic mass is 35.5. The first-order valence-corrected chi connectivity index (χ1v) is 8.97. The Labute approximate surface area is 160 Å². The van der Waals surface area contributed by atoms with E-state index < -0.39 is 5.82 Å². The largest absolute Gasteiger partial charge is 0.339 e. The summed E-state index contributed by atoms with van der Waals surface area (Å²) in [5.41, 5.74) is 3.69. The fourth-order valence-electron chi connectivity index (χ4n) is 3.20. The maximum absolute atomic E-state index is 13.3. The summed E-state index contributed by atoms with van der Waals surface area (Å²) >= 11 is 6.10. The van der Waals surface area contributed by atoms with E-state index in [-0.39, 0.29) is 23.3 Å². The van der Waals surface area contributed by atoms with Crippen molar-refractivity contribution in [2.75, 3.05) is 11.4 Å². The average molecular weight is 386 g/mol. The molecule has 1 saturated heterocycles. The predicted molar refractivity (Wildman–Crippen MR) is 100 cm³/mol. The first-order valence-electron chi connectivity index (χ1n) is 8.59. The van der Waals surface area contributed by atoms with Gasteiger partial charge in [-0.2, -0.15) is 4.98 Å². The van der Waals surface area contributed by atoms with Gasteiger partial charge in [-0.1, -0.05) is 28.9 Å². The lowest BCUT2D eigenvalue weighted by Crippen LogP contribution is -2.24. The standard InChI is InChI=1S/C20H17ClFN3O2/c1-11-3-4-13(7-12(11)2)19-23-20(27-24-19)14-8-18(26)25(10-14)17-6-5-15(22)9-16(17)21/h3-7,9,14H,8,10H2,1-2H3. The van der Waals surface area contributed by atoms with E-state index in [2.05, 4.69) is 10.1 Å². The molecule has 1 fully saturated rings. The van der Waals surface area contributed by atoms with E-state index >= 15 is 0 Å². The molecule has 1 amide bonds. The van der Waals surface area contributed by atoms with Crippen LogP contribution in [0.2, 0.25) is 5.02 Å². The van der Waals surface area contributed by atoms with Crippen LogP contribution in [0, 0.1) is 19.7 Å². The molecule has 1 aromatic heterocycles. The summed E-state index contributed by atoms with van der Waals surface area (Å²) in [6, 6.07) is 9.95. The summed E-state index contributed by atoms with van der Waals surface area (Å²) in [7, 11) is 0. The number of carbonyl (C=O) groups is 1. The van der Waals surface area contributed by atoms with Crippen LogP contribution in [0.25, 0.3) is 11.4 Å². The maximum atomic E-state index is 13.3. The van der Waals surface area contributed by atoms with Gasteiger partial charge in [0.15, 0.2) is 0 Å². The van der Waals surface area contributed by atoms with Crippen LogP contribution in [-0.2, 0) is 4.79 Å². The molecule has 1 aliphatic rings. The number of rotatable bonds is 3. The normalized spacial score (nSPS) is 17.0. The fraction of sp³-hybridized carbons (Fsp3) is 0.250. The molecule has 3 aromatic rings. The maximum Gasteiger partial charge on any atom is 0.232 e. The zero-order valence-corrected chi connectivity index (χ0v) is 15.6. The van der Waals surface area contributed by atoms with Crippen molar-refractivity contribution in [2.45, 2.75) is 26.2 Å². The molecule has 1 atom stereocenters. The summed E-state index contributed by atoms with van der Waals surface area (Å²) in [5.74, 6) is 0.129. The Bertz CT molecular complexity index is 1030. The summed E-state index contributed by atoms with van der Waals surface area (Å²) in [5, 5.41) is 4.26. The van der Waals surface area contributed by atoms with E-state index in [1.807, 2.05) is 32.0 Å². The molecule has 2 aromatic carbocycles. The van der Waals surface area contributed by atoms with E-state index in [1.165, 1.54) is 28.7 Å². The van der Waals surface area contributed by atoms with Crippen LogP contribution >= 0.6 is 11.6 Å². The number of carbonyl (C=O) groups excluding carboxylic acids is 1. The highest BCUT2D eigenvalue weighted by molar-refractivity contribution is 6.33. The van der Waals surface area contributed by atoms with Gasteiger partial charge in [0.2, 0.25) is 17.6 Å². The molecule has 4 rings (SSSR count). The van der Waals surface area contributed by atoms with E-state index in [4.69, 9.17) is 16.1 Å². The van der Waals surface area contributed by atoms with Gasteiger partial charge in [0.1, 0.15) is 5.82 Å². The predicted octanol–water partition coefficient (Wildman–Crippen LogP) is 4.67. The van der Waals surface area contributed by atoms with Gasteiger partial charge in [-0.15, -0.1) is 0 Å². The number of hydrogen-bond acceptors (Lipinski definition) is 4. The van der Waals surface area contributed by atoms with Crippen LogP contribution in [0.1, 0.15) is 29.4 Å². The number of anilines is 1. The zero-order chi connectivity index (χ0) is 19.1. The number of hydrogen-bond donors (Lipinski definition) is 0. The minimum absolute atomic E-state index is 0.112. The molecular weight excluding hydrogens is 369 g/mol. The molecule has 7 heteroatoms. The second-order valence-electron chi connectivity index (χ2n) is 6.76. The number of amides is 1. The van der Waals surface area contributed by atoms with Gasteiger partial charge in [0.05, 0.1) is 16.6 Å². The minimum Gasteiger partial charge on any atom is -0.339 e. The van der Waals surface area contributed by atoms with Gasteiger partial charge in [-0.05, 0) is 49.2 Å². The SMILES string of the molecule is Cc1ccc(-c2noc(C3CC(=O)N(c4ccc(F)cc4Cl)C3)n2)cc1C. The molecule has 1 aliphatic heterocycles. The zero-order valence-electron chi connectivity index (χ0n) is 14.9. The third-order valence-electron chi connectivity index (χ3n) is 4.88. The van der Waals surface area contributed by atoms with Gasteiger partial charge in [0, 0.05) is 18.5 Å². The number of aryl methyl sites for hydroxylation is 2. The molecule has 0 aliphatic carbocycles. The fourth-order valence-corrected chi connectivity index (χ4v) is 3.47. The number of halogens is 2. The lowest BCUT2D eigenvalue weighted by molar-refractivity contribution is -0.117. The van der Waals surface area contributed by atoms with Crippen LogP contribution < -0.4 is 4.90 Å². The van der Waals surface area contributed by atoms with Crippen LogP contribution in [0.5, 0.6) is 0 Å². The molecule has 0 saturated carbocycles. The van der Waals surface area contributed by atoms with Crippen LogP contribution in [-0.4, -0.2) is 22.6 Å². The Balaban J connectivity index is 1.57. The van der Waals surface area contributed by atoms with Gasteiger partial charge in [-0.25, -0.2) is 4.39 Å². The molecule has 27 heavy (non-hydrogen) atoms. The van der Waals surface area contributed by atoms with Crippen molar-refractivity contribution in [2.24, 2.45) is 0 Å². The van der Waals surface area contributed by atoms with Crippen molar-refractivity contribution in [1.29, 1.82) is 0 Å². The third kappa shape index (κ3) is 3.32. The van der Waals surface area contributed by atoms with E-state index in [9.17, 15) is 9.18 Å². The summed E-state index contributed by atoms with van der Waals surface area (Å²) in [4.78, 5) is 18.5. The van der Waals surface area contributed by atoms with E-state index in [0.29, 0.717) is 23.9 Å². The Morgan fingerprint density at radius 1 is 1.19 bits per heavy atom. The first kappa shape index (κ1) is 17.7. The van der Waals surface area contributed by atoms with Crippen molar-refractivity contribution >= 4 is 23.2 Å². The van der Waals surface area contributed by atoms with E-state index in [1.54, 1.807) is 0 Å². The third-order valence-corrected chi connectivity index (χ3v) is 5.18. The smallest absolute Gasteiger partial charge is 0.232 e. The topological polar surface area (TPSA) is 59.2 Å². The monoisotopic (exact) mass is 385 g/mol. The highest BCUT2D eigenvalue weighted by Gasteiger charge is 2.36. The molecule has 0 radical (unpaired) electrons. The van der Waals surface area contributed by atoms with Crippen LogP contribution in [0.4, 0.5) is 10.1 Å². The van der Waals surface area contributed by atoms with Gasteiger partial charge < -0.3 is 9.42 Å². The molecule has 0 N–H and O–H groups in total. The van der Waals surface area contributed by atoms with Crippen molar-refractivity contribution in [1.82, 2.24) is 10.1 Å². The second-order valence-corrected chi connectivity index (χ2v) is 7.16. The van der Waals surface area contributed by atoms with Gasteiger partial charge in [-0.3, -0.25) is 4.79 Å². The Hall–Kier alpha value is -2.73. The highest BCUT2D eigenvalue weighted by Crippen LogP contribution is 2.35. The Morgan fingerprint density at radius 3 is 2.74 bits per heavy atom. The van der Waals surface area contributed by atoms with Crippen molar-refractivity contribution in [3.63, 3.8) is 0 Å². The van der Waals surface area contributed by atoms with Crippen LogP contribution in [0.3, 0.4) is 0 Å². The Morgan fingerprint density at radius 2 is 2.00 bits per heavy atom. The number of benzene rings is 2. The summed E-state index contributed by atoms with van der Waals surface area (Å²) in [6.07, 6.45) is 0.238. The second kappa shape index (κ2) is 6.78. The lowest BCUT2D eigenvalue weighted by atomic mass is 10.1. The lowest BCUT2D eigenvalue weighted by Gasteiger charge is -2.17. The number of nitrogens with zero attached hydrogens (tertiary/aromatic N) is 3. The van der Waals surface area contributed by atoms with E-state index in [0.717, 1.165) is 11.1 Å². The molecule has 0 spiro atoms. The molecule has 138 valence electrons. The van der Waals surface area contributed by atoms with Gasteiger partial charge in [0.25, 0.3) is 0 Å². The van der Waals surface area contributed by atoms with Crippen molar-refractivity contribution < 1.29 is 13.7 Å². The molecule has 0 bridgehead atoms. The summed E-state index contributed by atoms with van der Waals surface area (Å²) < 4.78 is 18.7. The minimum atomic E-state index is -0.443. The number of aromatic nitrogens is 2. The molecule has 2 heterocycles. The van der Waals surface area contributed by atoms with Crippen LogP contribution in [0.15, 0.2) is 40.9 Å². The quantitative estimate of drug-likeness (QED) is 0.657. The van der Waals surface area contributed by atoms with Crippen molar-refractivity contribution in [3.8, 4) is 11.4 Å². The first-order chi connectivity index (χ1) is 12.9. The average Bonchev–Trinajstić information content (AvgIpc) is 3.25. The van der Waals surface area contributed by atoms with Crippen molar-refractivity contribution in [3.05, 3.63) is 64.3 Å². The summed E-state index contributed by atoms with van der Waals surface area (Å²) in [6.45, 7) is 4.43. The molecule has 1 unspecified atom stereocenters. The molecule has 5 nitrogen and oxygen atoms in total. The molecular formula is C20H17ClFN3O2. The Kier molecular flexibility index (Phi) is 4.44.